The number of nitrogens with zero attached hydrogens (tertiary/aromatic N) is 2. The standard InChI is InChI=1S/C18H21F2N3O4S2/c19-15-3-1-5-17(13-15)28(24,25)21-7-8-22-9-11-23(12-10-22)29(26,27)18-6-2-4-16(20)14-18/h1-6,13-14,21H,7-12H2. The maximum atomic E-state index is 13.3. The quantitative estimate of drug-likeness (QED) is 0.693. The molecule has 1 fully saturated rings. The fourth-order valence-electron chi connectivity index (χ4n) is 3.03. The molecule has 11 heteroatoms. The van der Waals surface area contributed by atoms with Crippen LogP contribution < -0.4 is 4.72 Å². The molecular weight excluding hydrogens is 424 g/mol. The summed E-state index contributed by atoms with van der Waals surface area (Å²) in [5.74, 6) is -1.25. The third-order valence-electron chi connectivity index (χ3n) is 4.59. The maximum absolute atomic E-state index is 13.3. The van der Waals surface area contributed by atoms with Crippen LogP contribution in [0.2, 0.25) is 0 Å². The Kier molecular flexibility index (Phi) is 6.64. The number of rotatable bonds is 7. The van der Waals surface area contributed by atoms with Gasteiger partial charge in [0.25, 0.3) is 0 Å². The summed E-state index contributed by atoms with van der Waals surface area (Å²) in [6.45, 7) is 1.75. The lowest BCUT2D eigenvalue weighted by atomic mass is 10.3. The first-order valence-corrected chi connectivity index (χ1v) is 11.8. The summed E-state index contributed by atoms with van der Waals surface area (Å²) >= 11 is 0. The smallest absolute Gasteiger partial charge is 0.243 e. The molecule has 0 atom stereocenters. The van der Waals surface area contributed by atoms with Gasteiger partial charge in [0.2, 0.25) is 20.0 Å². The molecule has 1 saturated heterocycles. The summed E-state index contributed by atoms with van der Waals surface area (Å²) in [7, 11) is -7.59. The molecule has 1 heterocycles. The first-order valence-electron chi connectivity index (χ1n) is 8.92. The molecule has 0 aromatic heterocycles. The third-order valence-corrected chi connectivity index (χ3v) is 7.94. The van der Waals surface area contributed by atoms with Crippen LogP contribution in [0.15, 0.2) is 58.3 Å². The maximum Gasteiger partial charge on any atom is 0.243 e. The molecule has 2 aromatic rings. The van der Waals surface area contributed by atoms with Crippen molar-refractivity contribution >= 4 is 20.0 Å². The fourth-order valence-corrected chi connectivity index (χ4v) is 5.53. The molecule has 0 aliphatic carbocycles. The SMILES string of the molecule is O=S(=O)(NCCN1CCN(S(=O)(=O)c2cccc(F)c2)CC1)c1cccc(F)c1. The van der Waals surface area contributed by atoms with Crippen molar-refractivity contribution in [2.45, 2.75) is 9.79 Å². The number of halogens is 2. The van der Waals surface area contributed by atoms with Gasteiger partial charge >= 0.3 is 0 Å². The Bertz CT molecular complexity index is 1070. The molecule has 3 rings (SSSR count). The van der Waals surface area contributed by atoms with Crippen LogP contribution in [0.1, 0.15) is 0 Å². The van der Waals surface area contributed by atoms with Crippen molar-refractivity contribution in [3.05, 3.63) is 60.2 Å². The van der Waals surface area contributed by atoms with Crippen LogP contribution in [-0.2, 0) is 20.0 Å². The first-order chi connectivity index (χ1) is 13.7. The molecule has 7 nitrogen and oxygen atoms in total. The van der Waals surface area contributed by atoms with Crippen molar-refractivity contribution < 1.29 is 25.6 Å². The highest BCUT2D eigenvalue weighted by Gasteiger charge is 2.28. The van der Waals surface area contributed by atoms with Gasteiger partial charge in [0, 0.05) is 39.3 Å². The lowest BCUT2D eigenvalue weighted by Gasteiger charge is -2.33. The zero-order valence-electron chi connectivity index (χ0n) is 15.5. The predicted molar refractivity (Wildman–Crippen MR) is 103 cm³/mol. The summed E-state index contributed by atoms with van der Waals surface area (Å²) in [4.78, 5) is 1.68. The van der Waals surface area contributed by atoms with Gasteiger partial charge in [0.15, 0.2) is 0 Å². The average Bonchev–Trinajstić information content (AvgIpc) is 2.68. The van der Waals surface area contributed by atoms with Crippen LogP contribution in [-0.4, -0.2) is 65.3 Å². The van der Waals surface area contributed by atoms with E-state index in [9.17, 15) is 25.6 Å². The summed E-state index contributed by atoms with van der Waals surface area (Å²) in [5.41, 5.74) is 0. The van der Waals surface area contributed by atoms with Gasteiger partial charge in [0.1, 0.15) is 11.6 Å². The first kappa shape index (κ1) is 21.8. The van der Waals surface area contributed by atoms with Crippen LogP contribution in [0, 0.1) is 11.6 Å². The largest absolute Gasteiger partial charge is 0.299 e. The van der Waals surface area contributed by atoms with E-state index in [1.807, 2.05) is 4.90 Å². The highest BCUT2D eigenvalue weighted by Crippen LogP contribution is 2.18. The Hall–Kier alpha value is -1.92. The van der Waals surface area contributed by atoms with E-state index in [2.05, 4.69) is 4.72 Å². The van der Waals surface area contributed by atoms with Crippen molar-refractivity contribution in [2.24, 2.45) is 0 Å². The van der Waals surface area contributed by atoms with Crippen molar-refractivity contribution in [1.82, 2.24) is 13.9 Å². The number of benzene rings is 2. The van der Waals surface area contributed by atoms with E-state index in [1.54, 1.807) is 0 Å². The van der Waals surface area contributed by atoms with Gasteiger partial charge in [-0.2, -0.15) is 4.31 Å². The van der Waals surface area contributed by atoms with Gasteiger partial charge < -0.3 is 0 Å². The monoisotopic (exact) mass is 445 g/mol. The van der Waals surface area contributed by atoms with E-state index in [0.29, 0.717) is 19.6 Å². The van der Waals surface area contributed by atoms with Crippen molar-refractivity contribution in [1.29, 1.82) is 0 Å². The van der Waals surface area contributed by atoms with Crippen LogP contribution in [0.3, 0.4) is 0 Å². The number of hydrogen-bond acceptors (Lipinski definition) is 5. The molecule has 0 radical (unpaired) electrons. The van der Waals surface area contributed by atoms with Gasteiger partial charge in [0.05, 0.1) is 9.79 Å². The number of hydrogen-bond donors (Lipinski definition) is 1. The Labute approximate surface area is 169 Å². The van der Waals surface area contributed by atoms with Gasteiger partial charge in [-0.3, -0.25) is 4.90 Å². The van der Waals surface area contributed by atoms with Crippen LogP contribution in [0.25, 0.3) is 0 Å². The van der Waals surface area contributed by atoms with Gasteiger partial charge in [-0.25, -0.2) is 30.3 Å². The summed E-state index contributed by atoms with van der Waals surface area (Å²) in [6.07, 6.45) is 0. The fraction of sp³-hybridized carbons (Fsp3) is 0.333. The highest BCUT2D eigenvalue weighted by atomic mass is 32.2. The van der Waals surface area contributed by atoms with Crippen LogP contribution in [0.5, 0.6) is 0 Å². The van der Waals surface area contributed by atoms with E-state index in [-0.39, 0.29) is 29.4 Å². The van der Waals surface area contributed by atoms with Crippen molar-refractivity contribution in [3.63, 3.8) is 0 Å². The average molecular weight is 446 g/mol. The Balaban J connectivity index is 1.51. The van der Waals surface area contributed by atoms with E-state index in [1.165, 1.54) is 34.6 Å². The predicted octanol–water partition coefficient (Wildman–Crippen LogP) is 1.25. The number of piperazine rings is 1. The Morgan fingerprint density at radius 3 is 1.97 bits per heavy atom. The van der Waals surface area contributed by atoms with E-state index >= 15 is 0 Å². The molecule has 0 unspecified atom stereocenters. The minimum absolute atomic E-state index is 0.0891. The van der Waals surface area contributed by atoms with E-state index in [0.717, 1.165) is 18.2 Å². The van der Waals surface area contributed by atoms with Crippen molar-refractivity contribution in [2.75, 3.05) is 39.3 Å². The summed E-state index contributed by atoms with van der Waals surface area (Å²) in [6, 6.07) is 9.61. The lowest BCUT2D eigenvalue weighted by molar-refractivity contribution is 0.191. The number of nitrogens with one attached hydrogen (secondary N) is 1. The second-order valence-corrected chi connectivity index (χ2v) is 10.3. The Morgan fingerprint density at radius 2 is 1.38 bits per heavy atom. The second kappa shape index (κ2) is 8.84. The molecular formula is C18H21F2N3O4S2. The Morgan fingerprint density at radius 1 is 0.828 bits per heavy atom. The second-order valence-electron chi connectivity index (χ2n) is 6.56. The van der Waals surface area contributed by atoms with Crippen LogP contribution >= 0.6 is 0 Å². The minimum atomic E-state index is -3.82. The molecule has 2 aromatic carbocycles. The molecule has 0 bridgehead atoms. The van der Waals surface area contributed by atoms with Crippen molar-refractivity contribution in [3.8, 4) is 0 Å². The summed E-state index contributed by atoms with van der Waals surface area (Å²) in [5, 5.41) is 0. The zero-order valence-corrected chi connectivity index (χ0v) is 17.1. The molecule has 158 valence electrons. The molecule has 29 heavy (non-hydrogen) atoms. The van der Waals surface area contributed by atoms with Crippen LogP contribution in [0.4, 0.5) is 8.78 Å². The topological polar surface area (TPSA) is 86.8 Å². The molecule has 1 N–H and O–H groups in total. The molecule has 0 saturated carbocycles. The highest BCUT2D eigenvalue weighted by molar-refractivity contribution is 7.89. The minimum Gasteiger partial charge on any atom is -0.299 e. The number of sulfonamides is 2. The zero-order chi connectivity index (χ0) is 21.1. The molecule has 0 spiro atoms. The van der Waals surface area contributed by atoms with Gasteiger partial charge in [-0.15, -0.1) is 0 Å². The normalized spacial score (nSPS) is 16.8. The van der Waals surface area contributed by atoms with Gasteiger partial charge in [-0.1, -0.05) is 12.1 Å². The molecule has 1 aliphatic rings. The summed E-state index contributed by atoms with van der Waals surface area (Å²) < 4.78 is 79.8. The molecule has 0 amide bonds. The van der Waals surface area contributed by atoms with E-state index < -0.39 is 31.7 Å². The van der Waals surface area contributed by atoms with Gasteiger partial charge in [-0.05, 0) is 36.4 Å². The van der Waals surface area contributed by atoms with E-state index in [4.69, 9.17) is 0 Å². The third kappa shape index (κ3) is 5.37. The lowest BCUT2D eigenvalue weighted by Crippen LogP contribution is -2.50. The molecule has 1 aliphatic heterocycles.